The van der Waals surface area contributed by atoms with Crippen LogP contribution in [0, 0.1) is 6.92 Å². The van der Waals surface area contributed by atoms with E-state index in [0.29, 0.717) is 22.8 Å². The van der Waals surface area contributed by atoms with Crippen molar-refractivity contribution in [1.82, 2.24) is 14.8 Å². The number of nitrogens with one attached hydrogen (secondary N) is 1. The summed E-state index contributed by atoms with van der Waals surface area (Å²) in [5, 5.41) is 12.9. The van der Waals surface area contributed by atoms with Crippen molar-refractivity contribution < 1.29 is 9.53 Å². The fourth-order valence-corrected chi connectivity index (χ4v) is 4.80. The summed E-state index contributed by atoms with van der Waals surface area (Å²) >= 11 is 7.41. The van der Waals surface area contributed by atoms with E-state index in [9.17, 15) is 4.79 Å². The number of anilines is 1. The molecule has 1 saturated carbocycles. The molecule has 32 heavy (non-hydrogen) atoms. The molecule has 0 radical (unpaired) electrons. The largest absolute Gasteiger partial charge is 0.490 e. The lowest BCUT2D eigenvalue weighted by atomic mass is 10.2. The number of benzene rings is 2. The van der Waals surface area contributed by atoms with Crippen molar-refractivity contribution in [3.63, 3.8) is 0 Å². The third-order valence-electron chi connectivity index (χ3n) is 5.56. The van der Waals surface area contributed by atoms with Crippen LogP contribution in [0.15, 0.2) is 47.6 Å². The molecule has 1 amide bonds. The molecule has 6 nitrogen and oxygen atoms in total. The Bertz CT molecular complexity index is 1080. The van der Waals surface area contributed by atoms with Crippen LogP contribution < -0.4 is 10.1 Å². The Morgan fingerprint density at radius 3 is 2.66 bits per heavy atom. The number of nitrogens with zero attached hydrogens (tertiary/aromatic N) is 3. The second-order valence-electron chi connectivity index (χ2n) is 7.90. The highest BCUT2D eigenvalue weighted by atomic mass is 35.5. The van der Waals surface area contributed by atoms with Crippen LogP contribution in [0.2, 0.25) is 5.02 Å². The number of amides is 1. The number of rotatable bonds is 8. The zero-order chi connectivity index (χ0) is 22.5. The van der Waals surface area contributed by atoms with Gasteiger partial charge in [-0.05, 0) is 81.5 Å². The predicted octanol–water partition coefficient (Wildman–Crippen LogP) is 5.98. The smallest absolute Gasteiger partial charge is 0.234 e. The molecule has 0 atom stereocenters. The van der Waals surface area contributed by atoms with Crippen molar-refractivity contribution in [2.45, 2.75) is 57.3 Å². The summed E-state index contributed by atoms with van der Waals surface area (Å²) < 4.78 is 8.08. The van der Waals surface area contributed by atoms with Crippen molar-refractivity contribution in [2.24, 2.45) is 0 Å². The van der Waals surface area contributed by atoms with Gasteiger partial charge in [0.1, 0.15) is 5.75 Å². The van der Waals surface area contributed by atoms with Crippen molar-refractivity contribution in [3.8, 4) is 17.1 Å². The van der Waals surface area contributed by atoms with Gasteiger partial charge in [0.25, 0.3) is 0 Å². The van der Waals surface area contributed by atoms with Gasteiger partial charge < -0.3 is 14.6 Å². The molecule has 0 unspecified atom stereocenters. The van der Waals surface area contributed by atoms with Crippen LogP contribution in [0.25, 0.3) is 11.4 Å². The maximum Gasteiger partial charge on any atom is 0.234 e. The Morgan fingerprint density at radius 2 is 1.94 bits per heavy atom. The van der Waals surface area contributed by atoms with Crippen LogP contribution in [0.1, 0.15) is 38.2 Å². The minimum Gasteiger partial charge on any atom is -0.490 e. The van der Waals surface area contributed by atoms with Gasteiger partial charge in [0, 0.05) is 22.8 Å². The van der Waals surface area contributed by atoms with E-state index in [1.54, 1.807) is 12.1 Å². The third-order valence-corrected chi connectivity index (χ3v) is 6.76. The van der Waals surface area contributed by atoms with Crippen LogP contribution in [-0.4, -0.2) is 32.5 Å². The van der Waals surface area contributed by atoms with Gasteiger partial charge in [0.2, 0.25) is 5.91 Å². The lowest BCUT2D eigenvalue weighted by molar-refractivity contribution is -0.113. The number of aromatic nitrogens is 3. The monoisotopic (exact) mass is 470 g/mol. The molecule has 1 N–H and O–H groups in total. The maximum absolute atomic E-state index is 12.5. The summed E-state index contributed by atoms with van der Waals surface area (Å²) in [7, 11) is 0. The van der Waals surface area contributed by atoms with Crippen LogP contribution in [0.5, 0.6) is 5.75 Å². The van der Waals surface area contributed by atoms with E-state index in [2.05, 4.69) is 15.5 Å². The summed E-state index contributed by atoms with van der Waals surface area (Å²) in [6.07, 6.45) is 5.11. The highest BCUT2D eigenvalue weighted by Gasteiger charge is 2.18. The first-order valence-electron chi connectivity index (χ1n) is 10.9. The van der Waals surface area contributed by atoms with Crippen LogP contribution >= 0.6 is 23.4 Å². The average Bonchev–Trinajstić information content (AvgIpc) is 3.45. The van der Waals surface area contributed by atoms with Crippen molar-refractivity contribution in [1.29, 1.82) is 0 Å². The molecule has 2 aromatic carbocycles. The van der Waals surface area contributed by atoms with Gasteiger partial charge in [-0.2, -0.15) is 0 Å². The summed E-state index contributed by atoms with van der Waals surface area (Å²) in [5.74, 6) is 1.80. The number of hydrogen-bond donors (Lipinski definition) is 1. The standard InChI is InChI=1S/C24H27ClN4O2S/c1-3-29-23(17-9-12-20(13-10-17)31-19-6-4-5-7-19)27-28-24(29)32-15-22(30)26-21-14-18(25)11-8-16(21)2/h8-14,19H,3-7,15H2,1-2H3,(H,26,30). The molecule has 4 rings (SSSR count). The fourth-order valence-electron chi connectivity index (χ4n) is 3.82. The van der Waals surface area contributed by atoms with E-state index < -0.39 is 0 Å². The number of ether oxygens (including phenoxy) is 1. The zero-order valence-electron chi connectivity index (χ0n) is 18.3. The van der Waals surface area contributed by atoms with E-state index in [4.69, 9.17) is 16.3 Å². The number of thioether (sulfide) groups is 1. The number of hydrogen-bond acceptors (Lipinski definition) is 5. The molecule has 1 heterocycles. The summed E-state index contributed by atoms with van der Waals surface area (Å²) in [6, 6.07) is 13.5. The predicted molar refractivity (Wildman–Crippen MR) is 130 cm³/mol. The molecule has 0 bridgehead atoms. The van der Waals surface area contributed by atoms with E-state index in [0.717, 1.165) is 41.2 Å². The molecule has 8 heteroatoms. The van der Waals surface area contributed by atoms with Gasteiger partial charge in [-0.15, -0.1) is 10.2 Å². The highest BCUT2D eigenvalue weighted by Crippen LogP contribution is 2.28. The molecular formula is C24H27ClN4O2S. The molecule has 0 saturated heterocycles. The van der Waals surface area contributed by atoms with Gasteiger partial charge >= 0.3 is 0 Å². The molecule has 1 fully saturated rings. The molecule has 3 aromatic rings. The van der Waals surface area contributed by atoms with Gasteiger partial charge in [-0.3, -0.25) is 4.79 Å². The Balaban J connectivity index is 1.40. The van der Waals surface area contributed by atoms with E-state index in [-0.39, 0.29) is 11.7 Å². The van der Waals surface area contributed by atoms with E-state index >= 15 is 0 Å². The first-order chi connectivity index (χ1) is 15.5. The zero-order valence-corrected chi connectivity index (χ0v) is 19.9. The lowest BCUT2D eigenvalue weighted by Gasteiger charge is -2.13. The number of aryl methyl sites for hydroxylation is 1. The van der Waals surface area contributed by atoms with Crippen LogP contribution in [-0.2, 0) is 11.3 Å². The van der Waals surface area contributed by atoms with Gasteiger partial charge in [-0.25, -0.2) is 0 Å². The van der Waals surface area contributed by atoms with Gasteiger partial charge in [0.05, 0.1) is 11.9 Å². The van der Waals surface area contributed by atoms with Crippen molar-refractivity contribution in [2.75, 3.05) is 11.1 Å². The normalized spacial score (nSPS) is 14.0. The molecule has 0 aliphatic heterocycles. The second kappa shape index (κ2) is 10.4. The van der Waals surface area contributed by atoms with Crippen LogP contribution in [0.3, 0.4) is 0 Å². The first kappa shape index (κ1) is 22.7. The van der Waals surface area contributed by atoms with Crippen molar-refractivity contribution >= 4 is 35.0 Å². The molecule has 1 aliphatic carbocycles. The first-order valence-corrected chi connectivity index (χ1v) is 12.3. The molecule has 1 aliphatic rings. The average molecular weight is 471 g/mol. The van der Waals surface area contributed by atoms with Crippen LogP contribution in [0.4, 0.5) is 5.69 Å². The quantitative estimate of drug-likeness (QED) is 0.410. The molecular weight excluding hydrogens is 444 g/mol. The Labute approximate surface area is 197 Å². The lowest BCUT2D eigenvalue weighted by Crippen LogP contribution is -2.15. The minimum absolute atomic E-state index is 0.110. The third kappa shape index (κ3) is 5.45. The fraction of sp³-hybridized carbons (Fsp3) is 0.375. The minimum atomic E-state index is -0.110. The Morgan fingerprint density at radius 1 is 1.19 bits per heavy atom. The molecule has 0 spiro atoms. The number of carbonyl (C=O) groups is 1. The SMILES string of the molecule is CCn1c(SCC(=O)Nc2cc(Cl)ccc2C)nnc1-c1ccc(OC2CCCC2)cc1. The second-order valence-corrected chi connectivity index (χ2v) is 9.27. The van der Waals surface area contributed by atoms with E-state index in [1.807, 2.05) is 48.7 Å². The summed E-state index contributed by atoms with van der Waals surface area (Å²) in [4.78, 5) is 12.5. The van der Waals surface area contributed by atoms with Gasteiger partial charge in [-0.1, -0.05) is 29.4 Å². The Kier molecular flexibility index (Phi) is 7.37. The van der Waals surface area contributed by atoms with E-state index in [1.165, 1.54) is 24.6 Å². The van der Waals surface area contributed by atoms with Crippen molar-refractivity contribution in [3.05, 3.63) is 53.1 Å². The number of halogens is 1. The number of carbonyl (C=O) groups excluding carboxylic acids is 1. The topological polar surface area (TPSA) is 69.0 Å². The summed E-state index contributed by atoms with van der Waals surface area (Å²) in [5.41, 5.74) is 2.66. The Hall–Kier alpha value is -2.51. The summed E-state index contributed by atoms with van der Waals surface area (Å²) in [6.45, 7) is 4.69. The highest BCUT2D eigenvalue weighted by molar-refractivity contribution is 7.99. The maximum atomic E-state index is 12.5. The van der Waals surface area contributed by atoms with Gasteiger partial charge in [0.15, 0.2) is 11.0 Å². The molecule has 1 aromatic heterocycles. The molecule has 168 valence electrons.